The molecular weight excluding hydrogens is 444 g/mol. The third-order valence-electron chi connectivity index (χ3n) is 4.08. The van der Waals surface area contributed by atoms with Crippen LogP contribution in [0.5, 0.6) is 17.2 Å². The van der Waals surface area contributed by atoms with E-state index < -0.39 is 0 Å². The van der Waals surface area contributed by atoms with E-state index in [0.29, 0.717) is 27.9 Å². The molecule has 2 aromatic carbocycles. The van der Waals surface area contributed by atoms with Gasteiger partial charge in [-0.15, -0.1) is 11.3 Å². The lowest BCUT2D eigenvalue weighted by molar-refractivity contribution is -0.115. The van der Waals surface area contributed by atoms with Crippen molar-refractivity contribution in [2.24, 2.45) is 0 Å². The van der Waals surface area contributed by atoms with Crippen LogP contribution in [0.2, 0.25) is 5.02 Å². The molecule has 3 aromatic rings. The van der Waals surface area contributed by atoms with E-state index in [0.717, 1.165) is 21.4 Å². The average molecular weight is 465 g/mol. The van der Waals surface area contributed by atoms with Crippen molar-refractivity contribution in [1.82, 2.24) is 4.98 Å². The van der Waals surface area contributed by atoms with Gasteiger partial charge in [-0.2, -0.15) is 0 Å². The highest BCUT2D eigenvalue weighted by Gasteiger charge is 2.12. The number of aromatic nitrogens is 1. The number of carbonyl (C=O) groups excluding carboxylic acids is 1. The Labute approximate surface area is 188 Å². The number of nitrogens with zero attached hydrogens (tertiary/aromatic N) is 1. The fourth-order valence-electron chi connectivity index (χ4n) is 2.67. The zero-order valence-electron chi connectivity index (χ0n) is 16.7. The summed E-state index contributed by atoms with van der Waals surface area (Å²) in [5.74, 6) is 2.58. The zero-order valence-corrected chi connectivity index (χ0v) is 19.1. The molecule has 0 saturated carbocycles. The van der Waals surface area contributed by atoms with E-state index in [1.165, 1.54) is 11.3 Å². The molecule has 0 aliphatic carbocycles. The summed E-state index contributed by atoms with van der Waals surface area (Å²) in [5.41, 5.74) is 2.31. The van der Waals surface area contributed by atoms with Gasteiger partial charge in [0.1, 0.15) is 21.6 Å². The molecule has 0 aliphatic rings. The SMILES string of the molecule is COc1cc(CSc2nc(CC(=O)Nc3cc(Cl)ccc3OC)cs2)cc(OC)c1. The van der Waals surface area contributed by atoms with Gasteiger partial charge in [-0.05, 0) is 35.9 Å². The molecule has 0 radical (unpaired) electrons. The molecule has 0 atom stereocenters. The minimum Gasteiger partial charge on any atom is -0.497 e. The van der Waals surface area contributed by atoms with Crippen LogP contribution in [0.4, 0.5) is 5.69 Å². The van der Waals surface area contributed by atoms with E-state index in [2.05, 4.69) is 10.3 Å². The van der Waals surface area contributed by atoms with Crippen molar-refractivity contribution in [3.63, 3.8) is 0 Å². The molecule has 158 valence electrons. The topological polar surface area (TPSA) is 69.7 Å². The molecule has 6 nitrogen and oxygen atoms in total. The molecule has 1 N–H and O–H groups in total. The number of ether oxygens (including phenoxy) is 3. The molecule has 0 aliphatic heterocycles. The van der Waals surface area contributed by atoms with Gasteiger partial charge in [-0.25, -0.2) is 4.98 Å². The van der Waals surface area contributed by atoms with Crippen LogP contribution in [0.1, 0.15) is 11.3 Å². The van der Waals surface area contributed by atoms with E-state index in [4.69, 9.17) is 25.8 Å². The van der Waals surface area contributed by atoms with Crippen LogP contribution in [0.25, 0.3) is 0 Å². The lowest BCUT2D eigenvalue weighted by Crippen LogP contribution is -2.15. The highest BCUT2D eigenvalue weighted by Crippen LogP contribution is 2.31. The van der Waals surface area contributed by atoms with E-state index in [9.17, 15) is 4.79 Å². The summed E-state index contributed by atoms with van der Waals surface area (Å²) in [4.78, 5) is 17.0. The van der Waals surface area contributed by atoms with Gasteiger partial charge in [0.15, 0.2) is 0 Å². The smallest absolute Gasteiger partial charge is 0.230 e. The number of anilines is 1. The highest BCUT2D eigenvalue weighted by molar-refractivity contribution is 8.00. The number of halogens is 1. The van der Waals surface area contributed by atoms with Gasteiger partial charge >= 0.3 is 0 Å². The number of amides is 1. The molecule has 0 saturated heterocycles. The van der Waals surface area contributed by atoms with Crippen LogP contribution < -0.4 is 19.5 Å². The fraction of sp³-hybridized carbons (Fsp3) is 0.238. The van der Waals surface area contributed by atoms with Crippen LogP contribution in [-0.2, 0) is 17.0 Å². The minimum atomic E-state index is -0.185. The zero-order chi connectivity index (χ0) is 21.5. The first kappa shape index (κ1) is 22.3. The van der Waals surface area contributed by atoms with Crippen LogP contribution in [0.3, 0.4) is 0 Å². The normalized spacial score (nSPS) is 10.5. The number of carbonyl (C=O) groups is 1. The van der Waals surface area contributed by atoms with Gasteiger partial charge in [-0.3, -0.25) is 4.79 Å². The molecule has 9 heteroatoms. The first-order valence-electron chi connectivity index (χ1n) is 8.93. The molecular formula is C21H21ClN2O4S2. The maximum absolute atomic E-state index is 12.4. The van der Waals surface area contributed by atoms with E-state index in [-0.39, 0.29) is 12.3 Å². The van der Waals surface area contributed by atoms with Crippen LogP contribution >= 0.6 is 34.7 Å². The summed E-state index contributed by atoms with van der Waals surface area (Å²) in [6.07, 6.45) is 0.166. The number of hydrogen-bond acceptors (Lipinski definition) is 7. The summed E-state index contributed by atoms with van der Waals surface area (Å²) < 4.78 is 16.8. The van der Waals surface area contributed by atoms with Gasteiger partial charge in [0, 0.05) is 22.2 Å². The maximum atomic E-state index is 12.4. The van der Waals surface area contributed by atoms with Crippen molar-refractivity contribution in [2.75, 3.05) is 26.6 Å². The Morgan fingerprint density at radius 3 is 2.50 bits per heavy atom. The van der Waals surface area contributed by atoms with Gasteiger partial charge in [0.05, 0.1) is 39.1 Å². The second-order valence-electron chi connectivity index (χ2n) is 6.18. The van der Waals surface area contributed by atoms with Gasteiger partial charge in [-0.1, -0.05) is 23.4 Å². The van der Waals surface area contributed by atoms with Crippen molar-refractivity contribution in [2.45, 2.75) is 16.5 Å². The second-order valence-corrected chi connectivity index (χ2v) is 8.70. The van der Waals surface area contributed by atoms with Crippen LogP contribution in [-0.4, -0.2) is 32.2 Å². The number of rotatable bonds is 9. The number of nitrogens with one attached hydrogen (secondary N) is 1. The largest absolute Gasteiger partial charge is 0.497 e. The molecule has 0 spiro atoms. The number of benzene rings is 2. The fourth-order valence-corrected chi connectivity index (χ4v) is 4.61. The number of thiazole rings is 1. The van der Waals surface area contributed by atoms with E-state index in [1.54, 1.807) is 51.3 Å². The molecule has 0 unspecified atom stereocenters. The Morgan fingerprint density at radius 2 is 1.83 bits per heavy atom. The lowest BCUT2D eigenvalue weighted by atomic mass is 10.2. The molecule has 1 aromatic heterocycles. The summed E-state index contributed by atoms with van der Waals surface area (Å²) in [6.45, 7) is 0. The number of hydrogen-bond donors (Lipinski definition) is 1. The van der Waals surface area contributed by atoms with E-state index in [1.807, 2.05) is 23.6 Å². The van der Waals surface area contributed by atoms with Crippen LogP contribution in [0, 0.1) is 0 Å². The minimum absolute atomic E-state index is 0.166. The van der Waals surface area contributed by atoms with Crippen molar-refractivity contribution in [3.8, 4) is 17.2 Å². The van der Waals surface area contributed by atoms with Gasteiger partial charge in [0.25, 0.3) is 0 Å². The molecule has 0 fully saturated rings. The molecule has 30 heavy (non-hydrogen) atoms. The van der Waals surface area contributed by atoms with Gasteiger partial charge < -0.3 is 19.5 Å². The summed E-state index contributed by atoms with van der Waals surface area (Å²) in [5, 5.41) is 5.24. The number of thioether (sulfide) groups is 1. The average Bonchev–Trinajstić information content (AvgIpc) is 3.19. The van der Waals surface area contributed by atoms with Crippen molar-refractivity contribution < 1.29 is 19.0 Å². The molecule has 3 rings (SSSR count). The summed E-state index contributed by atoms with van der Waals surface area (Å²) in [7, 11) is 4.80. The monoisotopic (exact) mass is 464 g/mol. The molecule has 0 bridgehead atoms. The Balaban J connectivity index is 1.59. The van der Waals surface area contributed by atoms with Gasteiger partial charge in [0.2, 0.25) is 5.91 Å². The van der Waals surface area contributed by atoms with Crippen LogP contribution in [0.15, 0.2) is 46.1 Å². The summed E-state index contributed by atoms with van der Waals surface area (Å²) >= 11 is 9.12. The lowest BCUT2D eigenvalue weighted by Gasteiger charge is -2.10. The van der Waals surface area contributed by atoms with E-state index >= 15 is 0 Å². The Morgan fingerprint density at radius 1 is 1.10 bits per heavy atom. The second kappa shape index (κ2) is 10.6. The Kier molecular flexibility index (Phi) is 7.84. The predicted octanol–water partition coefficient (Wildman–Crippen LogP) is 5.30. The Bertz CT molecular complexity index is 1000. The molecule has 1 heterocycles. The third-order valence-corrected chi connectivity index (χ3v) is 6.46. The first-order chi connectivity index (χ1) is 14.5. The maximum Gasteiger partial charge on any atom is 0.230 e. The predicted molar refractivity (Wildman–Crippen MR) is 122 cm³/mol. The van der Waals surface area contributed by atoms with Crippen molar-refractivity contribution in [1.29, 1.82) is 0 Å². The first-order valence-corrected chi connectivity index (χ1v) is 11.2. The Hall–Kier alpha value is -2.42. The third kappa shape index (κ3) is 6.04. The number of methoxy groups -OCH3 is 3. The highest BCUT2D eigenvalue weighted by atomic mass is 35.5. The standard InChI is InChI=1S/C21H21ClN2O4S2/c1-26-16-6-13(7-17(10-16)27-2)11-29-21-23-15(12-30-21)9-20(25)24-18-8-14(22)4-5-19(18)28-3/h4-8,10,12H,9,11H2,1-3H3,(H,24,25). The van der Waals surface area contributed by atoms with Crippen molar-refractivity contribution >= 4 is 46.3 Å². The quantitative estimate of drug-likeness (QED) is 0.433. The molecule has 1 amide bonds. The van der Waals surface area contributed by atoms with Crippen molar-refractivity contribution in [3.05, 3.63) is 58.1 Å². The summed E-state index contributed by atoms with van der Waals surface area (Å²) in [6, 6.07) is 10.8.